The molecule has 0 saturated carbocycles. The van der Waals surface area contributed by atoms with E-state index in [9.17, 15) is 0 Å². The molecule has 0 fully saturated rings. The normalized spacial score (nSPS) is 10.1. The molecular formula is C14H14ClN3. The lowest BCUT2D eigenvalue weighted by Crippen LogP contribution is -2.13. The summed E-state index contributed by atoms with van der Waals surface area (Å²) in [6.07, 6.45) is 0. The maximum Gasteiger partial charge on any atom is 0.122 e. The lowest BCUT2D eigenvalue weighted by atomic mass is 10.1. The lowest BCUT2D eigenvalue weighted by molar-refractivity contribution is 1.21. The highest BCUT2D eigenvalue weighted by Crippen LogP contribution is 2.30. The summed E-state index contributed by atoms with van der Waals surface area (Å²) in [4.78, 5) is 1.99. The summed E-state index contributed by atoms with van der Waals surface area (Å²) in [7, 11) is 1.95. The van der Waals surface area contributed by atoms with Gasteiger partial charge in [0, 0.05) is 18.3 Å². The van der Waals surface area contributed by atoms with Gasteiger partial charge in [-0.05, 0) is 30.3 Å². The van der Waals surface area contributed by atoms with E-state index >= 15 is 0 Å². The first-order valence-corrected chi connectivity index (χ1v) is 5.90. The second kappa shape index (κ2) is 5.10. The number of anilines is 2. The molecule has 0 aliphatic heterocycles. The predicted octanol–water partition coefficient (Wildman–Crippen LogP) is 3.39. The van der Waals surface area contributed by atoms with Crippen LogP contribution < -0.4 is 10.6 Å². The number of nitrogens with zero attached hydrogens (tertiary/aromatic N) is 1. The summed E-state index contributed by atoms with van der Waals surface area (Å²) in [6.45, 7) is 0. The van der Waals surface area contributed by atoms with Crippen molar-refractivity contribution in [3.8, 4) is 0 Å². The molecule has 2 rings (SSSR count). The Morgan fingerprint density at radius 3 is 2.39 bits per heavy atom. The van der Waals surface area contributed by atoms with Crippen molar-refractivity contribution in [2.75, 3.05) is 11.9 Å². The fourth-order valence-electron chi connectivity index (χ4n) is 1.74. The van der Waals surface area contributed by atoms with E-state index in [4.69, 9.17) is 22.7 Å². The summed E-state index contributed by atoms with van der Waals surface area (Å²) in [5.74, 6) is 0.0193. The van der Waals surface area contributed by atoms with E-state index in [1.165, 1.54) is 0 Å². The summed E-state index contributed by atoms with van der Waals surface area (Å²) in [6, 6.07) is 15.3. The number of benzene rings is 2. The van der Waals surface area contributed by atoms with Crippen LogP contribution in [0.1, 0.15) is 5.56 Å². The second-order valence-corrected chi connectivity index (χ2v) is 4.38. The highest BCUT2D eigenvalue weighted by atomic mass is 35.5. The van der Waals surface area contributed by atoms with E-state index in [-0.39, 0.29) is 5.84 Å². The minimum atomic E-state index is 0.0193. The molecule has 3 nitrogen and oxygen atoms in total. The van der Waals surface area contributed by atoms with Crippen LogP contribution in [-0.2, 0) is 0 Å². The summed E-state index contributed by atoms with van der Waals surface area (Å²) in [5.41, 5.74) is 7.99. The van der Waals surface area contributed by atoms with E-state index in [2.05, 4.69) is 0 Å². The quantitative estimate of drug-likeness (QED) is 0.656. The number of nitrogen functional groups attached to an aromatic ring is 1. The molecule has 18 heavy (non-hydrogen) atoms. The molecule has 2 aromatic rings. The van der Waals surface area contributed by atoms with E-state index in [1.54, 1.807) is 12.1 Å². The van der Waals surface area contributed by atoms with Crippen LogP contribution >= 0.6 is 11.6 Å². The zero-order chi connectivity index (χ0) is 13.1. The van der Waals surface area contributed by atoms with Gasteiger partial charge in [0.2, 0.25) is 0 Å². The van der Waals surface area contributed by atoms with Crippen molar-refractivity contribution in [3.63, 3.8) is 0 Å². The third kappa shape index (κ3) is 2.46. The second-order valence-electron chi connectivity index (χ2n) is 3.97. The van der Waals surface area contributed by atoms with Crippen LogP contribution in [0, 0.1) is 5.41 Å². The number of nitrogens with two attached hydrogens (primary N) is 1. The van der Waals surface area contributed by atoms with Gasteiger partial charge in [0.15, 0.2) is 0 Å². The van der Waals surface area contributed by atoms with Crippen LogP contribution in [0.2, 0.25) is 5.02 Å². The van der Waals surface area contributed by atoms with Crippen LogP contribution in [0.3, 0.4) is 0 Å². The van der Waals surface area contributed by atoms with Crippen LogP contribution in [0.15, 0.2) is 48.5 Å². The van der Waals surface area contributed by atoms with Gasteiger partial charge >= 0.3 is 0 Å². The van der Waals surface area contributed by atoms with Crippen LogP contribution in [0.25, 0.3) is 0 Å². The van der Waals surface area contributed by atoms with Crippen LogP contribution in [0.4, 0.5) is 11.4 Å². The molecular weight excluding hydrogens is 246 g/mol. The summed E-state index contributed by atoms with van der Waals surface area (Å²) >= 11 is 6.22. The molecule has 0 unspecified atom stereocenters. The Labute approximate surface area is 111 Å². The molecule has 0 atom stereocenters. The van der Waals surface area contributed by atoms with Gasteiger partial charge in [-0.3, -0.25) is 5.41 Å². The van der Waals surface area contributed by atoms with E-state index in [0.29, 0.717) is 10.6 Å². The molecule has 4 heteroatoms. The maximum atomic E-state index is 7.38. The van der Waals surface area contributed by atoms with Gasteiger partial charge in [-0.15, -0.1) is 0 Å². The van der Waals surface area contributed by atoms with Gasteiger partial charge in [-0.25, -0.2) is 0 Å². The topological polar surface area (TPSA) is 53.1 Å². The first-order valence-electron chi connectivity index (χ1n) is 5.52. The molecule has 2 aromatic carbocycles. The number of amidine groups is 1. The Hall–Kier alpha value is -2.00. The van der Waals surface area contributed by atoms with Gasteiger partial charge in [-0.2, -0.15) is 0 Å². The van der Waals surface area contributed by atoms with Gasteiger partial charge in [0.1, 0.15) is 5.84 Å². The number of nitrogens with one attached hydrogen (secondary N) is 1. The Kier molecular flexibility index (Phi) is 3.53. The number of halogens is 1. The predicted molar refractivity (Wildman–Crippen MR) is 77.0 cm³/mol. The van der Waals surface area contributed by atoms with Crippen molar-refractivity contribution in [1.29, 1.82) is 5.41 Å². The van der Waals surface area contributed by atoms with Crippen molar-refractivity contribution < 1.29 is 0 Å². The Morgan fingerprint density at radius 2 is 1.83 bits per heavy atom. The fraction of sp³-hybridized carbons (Fsp3) is 0.0714. The first kappa shape index (κ1) is 12.5. The standard InChI is InChI=1S/C14H14ClN3/c1-18(11-5-3-2-4-6-11)13-8-7-10(14(16)17)9-12(13)15/h2-9H,1H3,(H3,16,17). The number of rotatable bonds is 3. The lowest BCUT2D eigenvalue weighted by Gasteiger charge is -2.21. The van der Waals surface area contributed by atoms with E-state index < -0.39 is 0 Å². The average Bonchev–Trinajstić information content (AvgIpc) is 2.38. The molecule has 0 spiro atoms. The smallest absolute Gasteiger partial charge is 0.122 e. The van der Waals surface area contributed by atoms with Gasteiger partial charge in [0.05, 0.1) is 10.7 Å². The molecule has 0 aliphatic rings. The minimum absolute atomic E-state index is 0.0193. The zero-order valence-electron chi connectivity index (χ0n) is 10.0. The van der Waals surface area contributed by atoms with Gasteiger partial charge in [0.25, 0.3) is 0 Å². The molecule has 0 heterocycles. The highest BCUT2D eigenvalue weighted by molar-refractivity contribution is 6.33. The average molecular weight is 260 g/mol. The van der Waals surface area contributed by atoms with Gasteiger partial charge in [-0.1, -0.05) is 29.8 Å². The van der Waals surface area contributed by atoms with Crippen molar-refractivity contribution >= 4 is 28.8 Å². The third-order valence-corrected chi connectivity index (χ3v) is 3.07. The molecule has 0 saturated heterocycles. The molecule has 92 valence electrons. The summed E-state index contributed by atoms with van der Waals surface area (Å²) < 4.78 is 0. The summed E-state index contributed by atoms with van der Waals surface area (Å²) in [5, 5.41) is 7.96. The van der Waals surface area contributed by atoms with Crippen LogP contribution in [-0.4, -0.2) is 12.9 Å². The van der Waals surface area contributed by atoms with E-state index in [0.717, 1.165) is 11.4 Å². The molecule has 0 aliphatic carbocycles. The van der Waals surface area contributed by atoms with Crippen LogP contribution in [0.5, 0.6) is 0 Å². The minimum Gasteiger partial charge on any atom is -0.384 e. The number of para-hydroxylation sites is 1. The van der Waals surface area contributed by atoms with E-state index in [1.807, 2.05) is 48.3 Å². The van der Waals surface area contributed by atoms with Crippen molar-refractivity contribution in [1.82, 2.24) is 0 Å². The largest absolute Gasteiger partial charge is 0.384 e. The fourth-order valence-corrected chi connectivity index (χ4v) is 2.04. The Balaban J connectivity index is 2.37. The number of hydrogen-bond donors (Lipinski definition) is 2. The maximum absolute atomic E-state index is 7.38. The zero-order valence-corrected chi connectivity index (χ0v) is 10.8. The molecule has 0 amide bonds. The van der Waals surface area contributed by atoms with Gasteiger partial charge < -0.3 is 10.6 Å². The monoisotopic (exact) mass is 259 g/mol. The first-order chi connectivity index (χ1) is 8.59. The molecule has 3 N–H and O–H groups in total. The molecule has 0 bridgehead atoms. The third-order valence-electron chi connectivity index (χ3n) is 2.76. The molecule has 0 aromatic heterocycles. The Bertz CT molecular complexity index is 567. The van der Waals surface area contributed by atoms with Crippen molar-refractivity contribution in [2.45, 2.75) is 0 Å². The SMILES string of the molecule is CN(c1ccccc1)c1ccc(C(=N)N)cc1Cl. The highest BCUT2D eigenvalue weighted by Gasteiger charge is 2.09. The Morgan fingerprint density at radius 1 is 1.17 bits per heavy atom. The van der Waals surface area contributed by atoms with Crippen molar-refractivity contribution in [3.05, 3.63) is 59.1 Å². The molecule has 0 radical (unpaired) electrons. The number of hydrogen-bond acceptors (Lipinski definition) is 2. The van der Waals surface area contributed by atoms with Crippen molar-refractivity contribution in [2.24, 2.45) is 5.73 Å².